The molecule has 2 aromatic rings. The molecule has 1 heterocycles. The number of nitrogens with zero attached hydrogens (tertiary/aromatic N) is 2. The molecule has 1 atom stereocenters. The summed E-state index contributed by atoms with van der Waals surface area (Å²) in [6.45, 7) is 6.20. The second-order valence-corrected chi connectivity index (χ2v) is 6.09. The first-order valence-corrected chi connectivity index (χ1v) is 7.44. The highest BCUT2D eigenvalue weighted by molar-refractivity contribution is 9.10. The van der Waals surface area contributed by atoms with Gasteiger partial charge in [0.15, 0.2) is 0 Å². The van der Waals surface area contributed by atoms with Crippen LogP contribution in [0.4, 0.5) is 0 Å². The first-order chi connectivity index (χ1) is 9.42. The molecule has 3 N–H and O–H groups in total. The van der Waals surface area contributed by atoms with Crippen molar-refractivity contribution < 1.29 is 0 Å². The summed E-state index contributed by atoms with van der Waals surface area (Å²) in [5.41, 5.74) is 8.77. The van der Waals surface area contributed by atoms with Gasteiger partial charge in [-0.15, -0.1) is 0 Å². The molecule has 20 heavy (non-hydrogen) atoms. The third-order valence-electron chi connectivity index (χ3n) is 3.57. The maximum Gasteiger partial charge on any atom is 0.0596 e. The molecule has 0 fully saturated rings. The van der Waals surface area contributed by atoms with Gasteiger partial charge in [-0.1, -0.05) is 28.1 Å². The monoisotopic (exact) mass is 336 g/mol. The normalized spacial score (nSPS) is 12.7. The van der Waals surface area contributed by atoms with E-state index in [1.165, 1.54) is 22.4 Å². The van der Waals surface area contributed by atoms with Crippen LogP contribution in [0, 0.1) is 20.8 Å². The zero-order valence-corrected chi connectivity index (χ0v) is 14.0. The zero-order valence-electron chi connectivity index (χ0n) is 12.4. The molecule has 0 amide bonds. The van der Waals surface area contributed by atoms with Crippen LogP contribution in [-0.2, 0) is 13.5 Å². The van der Waals surface area contributed by atoms with E-state index in [-0.39, 0.29) is 6.04 Å². The van der Waals surface area contributed by atoms with E-state index in [0.29, 0.717) is 0 Å². The van der Waals surface area contributed by atoms with Gasteiger partial charge in [-0.25, -0.2) is 0 Å². The van der Waals surface area contributed by atoms with Crippen molar-refractivity contribution in [1.29, 1.82) is 0 Å². The molecule has 2 rings (SSSR count). The van der Waals surface area contributed by atoms with E-state index in [0.717, 1.165) is 16.6 Å². The Morgan fingerprint density at radius 1 is 1.25 bits per heavy atom. The number of benzene rings is 1. The molecule has 1 unspecified atom stereocenters. The average Bonchev–Trinajstić information content (AvgIpc) is 2.70. The molecular weight excluding hydrogens is 316 g/mol. The van der Waals surface area contributed by atoms with Crippen LogP contribution in [0.15, 0.2) is 22.7 Å². The molecule has 0 saturated carbocycles. The first kappa shape index (κ1) is 15.2. The average molecular weight is 337 g/mol. The number of aromatic nitrogens is 2. The fraction of sp³-hybridized carbons (Fsp3) is 0.400. The van der Waals surface area contributed by atoms with Gasteiger partial charge < -0.3 is 0 Å². The Kier molecular flexibility index (Phi) is 4.62. The molecule has 1 aromatic carbocycles. The Morgan fingerprint density at radius 3 is 2.30 bits per heavy atom. The summed E-state index contributed by atoms with van der Waals surface area (Å²) >= 11 is 3.60. The molecule has 0 radical (unpaired) electrons. The molecule has 4 nitrogen and oxygen atoms in total. The Hall–Kier alpha value is -1.17. The lowest BCUT2D eigenvalue weighted by Gasteiger charge is -2.18. The molecular formula is C15H21BrN4. The van der Waals surface area contributed by atoms with E-state index < -0.39 is 0 Å². The Balaban J connectivity index is 2.31. The Labute approximate surface area is 128 Å². The van der Waals surface area contributed by atoms with Crippen LogP contribution in [0.5, 0.6) is 0 Å². The fourth-order valence-corrected chi connectivity index (χ4v) is 2.75. The summed E-state index contributed by atoms with van der Waals surface area (Å²) in [5, 5.41) is 4.38. The maximum absolute atomic E-state index is 5.76. The summed E-state index contributed by atoms with van der Waals surface area (Å²) in [6, 6.07) is 6.52. The van der Waals surface area contributed by atoms with Gasteiger partial charge in [0.25, 0.3) is 0 Å². The van der Waals surface area contributed by atoms with Crippen LogP contribution in [0.25, 0.3) is 0 Å². The number of hydrogen-bond acceptors (Lipinski definition) is 3. The predicted octanol–water partition coefficient (Wildman–Crippen LogP) is 2.85. The van der Waals surface area contributed by atoms with E-state index in [9.17, 15) is 0 Å². The van der Waals surface area contributed by atoms with Crippen LogP contribution >= 0.6 is 15.9 Å². The van der Waals surface area contributed by atoms with Gasteiger partial charge in [0.1, 0.15) is 0 Å². The summed E-state index contributed by atoms with van der Waals surface area (Å²) in [4.78, 5) is 0. The molecule has 108 valence electrons. The first-order valence-electron chi connectivity index (χ1n) is 6.64. The van der Waals surface area contributed by atoms with E-state index in [1.54, 1.807) is 0 Å². The van der Waals surface area contributed by atoms with Crippen LogP contribution in [-0.4, -0.2) is 9.78 Å². The smallest absolute Gasteiger partial charge is 0.0596 e. The van der Waals surface area contributed by atoms with Crippen molar-refractivity contribution in [1.82, 2.24) is 15.2 Å². The highest BCUT2D eigenvalue weighted by Crippen LogP contribution is 2.27. The van der Waals surface area contributed by atoms with Gasteiger partial charge in [0, 0.05) is 23.6 Å². The van der Waals surface area contributed by atoms with Gasteiger partial charge in [0.2, 0.25) is 0 Å². The van der Waals surface area contributed by atoms with Crippen molar-refractivity contribution in [2.24, 2.45) is 12.9 Å². The summed E-state index contributed by atoms with van der Waals surface area (Å²) < 4.78 is 3.08. The minimum Gasteiger partial charge on any atom is -0.272 e. The van der Waals surface area contributed by atoms with Crippen LogP contribution in [0.1, 0.15) is 34.1 Å². The van der Waals surface area contributed by atoms with Gasteiger partial charge in [0.05, 0.1) is 11.7 Å². The number of nitrogens with two attached hydrogens (primary N) is 1. The van der Waals surface area contributed by atoms with Gasteiger partial charge in [-0.3, -0.25) is 16.0 Å². The number of aryl methyl sites for hydroxylation is 4. The molecule has 0 spiro atoms. The fourth-order valence-electron chi connectivity index (χ4n) is 2.52. The van der Waals surface area contributed by atoms with Crippen molar-refractivity contribution in [2.45, 2.75) is 33.2 Å². The molecule has 0 aliphatic heterocycles. The minimum absolute atomic E-state index is 0.0790. The molecule has 0 aliphatic carbocycles. The van der Waals surface area contributed by atoms with Crippen LogP contribution < -0.4 is 11.3 Å². The van der Waals surface area contributed by atoms with Crippen molar-refractivity contribution >= 4 is 15.9 Å². The SMILES string of the molecule is Cc1cc(CC(NN)c2cc(C)c(Br)c(C)c2)n(C)n1. The van der Waals surface area contributed by atoms with Crippen LogP contribution in [0.3, 0.4) is 0 Å². The van der Waals surface area contributed by atoms with E-state index >= 15 is 0 Å². The lowest BCUT2D eigenvalue weighted by molar-refractivity contribution is 0.529. The van der Waals surface area contributed by atoms with Crippen molar-refractivity contribution in [3.63, 3.8) is 0 Å². The largest absolute Gasteiger partial charge is 0.272 e. The van der Waals surface area contributed by atoms with Gasteiger partial charge in [-0.05, 0) is 43.5 Å². The van der Waals surface area contributed by atoms with Gasteiger partial charge in [-0.2, -0.15) is 5.10 Å². The third-order valence-corrected chi connectivity index (χ3v) is 4.83. The minimum atomic E-state index is 0.0790. The lowest BCUT2D eigenvalue weighted by Crippen LogP contribution is -2.30. The highest BCUT2D eigenvalue weighted by atomic mass is 79.9. The number of hydrazine groups is 1. The van der Waals surface area contributed by atoms with Gasteiger partial charge >= 0.3 is 0 Å². The summed E-state index contributed by atoms with van der Waals surface area (Å²) in [6.07, 6.45) is 0.814. The molecule has 1 aromatic heterocycles. The van der Waals surface area contributed by atoms with Crippen molar-refractivity contribution in [2.75, 3.05) is 0 Å². The standard InChI is InChI=1S/C15H21BrN4/c1-9-5-12(6-10(2)15(9)16)14(18-17)8-13-7-11(3)19-20(13)4/h5-7,14,18H,8,17H2,1-4H3. The van der Waals surface area contributed by atoms with Crippen LogP contribution in [0.2, 0.25) is 0 Å². The van der Waals surface area contributed by atoms with E-state index in [4.69, 9.17) is 5.84 Å². The second kappa shape index (κ2) is 6.08. The van der Waals surface area contributed by atoms with E-state index in [1.807, 2.05) is 18.7 Å². The summed E-state index contributed by atoms with van der Waals surface area (Å²) in [5.74, 6) is 5.76. The third kappa shape index (κ3) is 3.11. The zero-order chi connectivity index (χ0) is 14.9. The number of halogens is 1. The van der Waals surface area contributed by atoms with E-state index in [2.05, 4.69) is 58.5 Å². The maximum atomic E-state index is 5.76. The number of rotatable bonds is 4. The number of hydrogen-bond donors (Lipinski definition) is 2. The second-order valence-electron chi connectivity index (χ2n) is 5.29. The van der Waals surface area contributed by atoms with Crippen molar-refractivity contribution in [3.05, 3.63) is 50.8 Å². The number of nitrogens with one attached hydrogen (secondary N) is 1. The highest BCUT2D eigenvalue weighted by Gasteiger charge is 2.15. The molecule has 0 bridgehead atoms. The quantitative estimate of drug-likeness (QED) is 0.666. The topological polar surface area (TPSA) is 55.9 Å². The molecule has 0 saturated heterocycles. The summed E-state index contributed by atoms with van der Waals surface area (Å²) in [7, 11) is 1.97. The Morgan fingerprint density at radius 2 is 1.85 bits per heavy atom. The van der Waals surface area contributed by atoms with Crippen molar-refractivity contribution in [3.8, 4) is 0 Å². The lowest BCUT2D eigenvalue weighted by atomic mass is 9.98. The predicted molar refractivity (Wildman–Crippen MR) is 85.3 cm³/mol. The molecule has 5 heteroatoms. The Bertz CT molecular complexity index is 595. The molecule has 0 aliphatic rings.